The highest BCUT2D eigenvalue weighted by Crippen LogP contribution is 2.35. The van der Waals surface area contributed by atoms with Gasteiger partial charge in [0.25, 0.3) is 0 Å². The molecule has 0 spiro atoms. The molecule has 1 aromatic carbocycles. The van der Waals surface area contributed by atoms with Gasteiger partial charge in [-0.1, -0.05) is 0 Å². The van der Waals surface area contributed by atoms with E-state index in [2.05, 4.69) is 5.32 Å². The van der Waals surface area contributed by atoms with E-state index in [0.717, 1.165) is 43.4 Å². The van der Waals surface area contributed by atoms with Gasteiger partial charge in [-0.3, -0.25) is 9.10 Å². The number of amides is 1. The van der Waals surface area contributed by atoms with Gasteiger partial charge in [0.05, 0.1) is 38.2 Å². The molecule has 1 fully saturated rings. The molecule has 0 saturated carbocycles. The quantitative estimate of drug-likeness (QED) is 0.575. The minimum Gasteiger partial charge on any atom is -0.454 e. The van der Waals surface area contributed by atoms with E-state index in [1.54, 1.807) is 18.2 Å². The largest absolute Gasteiger partial charge is 0.454 e. The SMILES string of the molecule is CS(=O)(=O)N(CC(=O)NCC[NH+]1CCOCC1)c1ccc2c(c1)OCO2. The third-order valence-corrected chi connectivity index (χ3v) is 5.47. The van der Waals surface area contributed by atoms with E-state index in [-0.39, 0.29) is 19.2 Å². The van der Waals surface area contributed by atoms with E-state index in [9.17, 15) is 13.2 Å². The summed E-state index contributed by atoms with van der Waals surface area (Å²) in [6.45, 7) is 4.40. The molecule has 1 saturated heterocycles. The van der Waals surface area contributed by atoms with Gasteiger partial charge in [-0.2, -0.15) is 0 Å². The summed E-state index contributed by atoms with van der Waals surface area (Å²) >= 11 is 0. The van der Waals surface area contributed by atoms with Crippen molar-refractivity contribution >= 4 is 21.6 Å². The lowest BCUT2D eigenvalue weighted by Gasteiger charge is -2.24. The first-order chi connectivity index (χ1) is 12.4. The summed E-state index contributed by atoms with van der Waals surface area (Å²) in [5, 5.41) is 2.79. The molecule has 2 N–H and O–H groups in total. The summed E-state index contributed by atoms with van der Waals surface area (Å²) in [5.41, 5.74) is 0.366. The maximum absolute atomic E-state index is 12.2. The Hall–Kier alpha value is -2.04. The molecule has 0 atom stereocenters. The number of nitrogens with zero attached hydrogens (tertiary/aromatic N) is 1. The summed E-state index contributed by atoms with van der Waals surface area (Å²) in [6, 6.07) is 4.80. The Morgan fingerprint density at radius 1 is 1.23 bits per heavy atom. The van der Waals surface area contributed by atoms with Crippen LogP contribution in [0.3, 0.4) is 0 Å². The van der Waals surface area contributed by atoms with E-state index in [1.807, 2.05) is 0 Å². The van der Waals surface area contributed by atoms with Gasteiger partial charge in [0, 0.05) is 6.07 Å². The standard InChI is InChI=1S/C16H23N3O6S/c1-26(21,22)19(13-2-3-14-15(10-13)25-12-24-14)11-16(20)17-4-5-18-6-8-23-9-7-18/h2-3,10H,4-9,11-12H2,1H3,(H,17,20)/p+1. The highest BCUT2D eigenvalue weighted by molar-refractivity contribution is 7.92. The van der Waals surface area contributed by atoms with E-state index >= 15 is 0 Å². The Bertz CT molecular complexity index is 748. The molecule has 0 aliphatic carbocycles. The van der Waals surface area contributed by atoms with Crippen molar-refractivity contribution in [2.75, 3.05) is 63.3 Å². The van der Waals surface area contributed by atoms with E-state index in [4.69, 9.17) is 14.2 Å². The fourth-order valence-corrected chi connectivity index (χ4v) is 3.76. The Labute approximate surface area is 152 Å². The number of hydrogen-bond acceptors (Lipinski definition) is 6. The first kappa shape index (κ1) is 18.7. The van der Waals surface area contributed by atoms with Crippen molar-refractivity contribution in [3.05, 3.63) is 18.2 Å². The van der Waals surface area contributed by atoms with Gasteiger partial charge in [0.2, 0.25) is 22.7 Å². The summed E-state index contributed by atoms with van der Waals surface area (Å²) in [5.74, 6) is 0.674. The van der Waals surface area contributed by atoms with Crippen LogP contribution >= 0.6 is 0 Å². The van der Waals surface area contributed by atoms with Gasteiger partial charge in [0.15, 0.2) is 11.5 Å². The number of sulfonamides is 1. The molecule has 0 unspecified atom stereocenters. The minimum atomic E-state index is -3.62. The molecule has 9 nitrogen and oxygen atoms in total. The lowest BCUT2D eigenvalue weighted by Crippen LogP contribution is -3.14. The van der Waals surface area contributed by atoms with Crippen LogP contribution in [0.1, 0.15) is 0 Å². The topological polar surface area (TPSA) is 98.6 Å². The van der Waals surface area contributed by atoms with Crippen molar-refractivity contribution in [3.63, 3.8) is 0 Å². The Balaban J connectivity index is 1.59. The fourth-order valence-electron chi connectivity index (χ4n) is 2.92. The molecular weight excluding hydrogens is 362 g/mol. The number of carbonyl (C=O) groups is 1. The van der Waals surface area contributed by atoms with Gasteiger partial charge < -0.3 is 24.4 Å². The molecule has 2 aliphatic heterocycles. The number of rotatable bonds is 7. The van der Waals surface area contributed by atoms with Crippen LogP contribution in [0.15, 0.2) is 18.2 Å². The summed E-state index contributed by atoms with van der Waals surface area (Å²) < 4.78 is 41.2. The molecule has 2 heterocycles. The van der Waals surface area contributed by atoms with Crippen LogP contribution in [0.4, 0.5) is 5.69 Å². The van der Waals surface area contributed by atoms with Crippen molar-refractivity contribution in [1.29, 1.82) is 0 Å². The van der Waals surface area contributed by atoms with Crippen LogP contribution in [0.25, 0.3) is 0 Å². The van der Waals surface area contributed by atoms with Crippen LogP contribution in [-0.2, 0) is 19.6 Å². The van der Waals surface area contributed by atoms with Crippen LogP contribution in [-0.4, -0.2) is 73.3 Å². The predicted molar refractivity (Wildman–Crippen MR) is 94.1 cm³/mol. The predicted octanol–water partition coefficient (Wildman–Crippen LogP) is -1.79. The third kappa shape index (κ3) is 4.77. The normalized spacial score (nSPS) is 17.1. The van der Waals surface area contributed by atoms with Crippen LogP contribution in [0.2, 0.25) is 0 Å². The zero-order chi connectivity index (χ0) is 18.6. The number of quaternary nitrogens is 1. The Kier molecular flexibility index (Phi) is 5.84. The number of hydrogen-bond donors (Lipinski definition) is 2. The smallest absolute Gasteiger partial charge is 0.240 e. The van der Waals surface area contributed by atoms with E-state index in [1.165, 1.54) is 4.90 Å². The van der Waals surface area contributed by atoms with Gasteiger partial charge in [-0.15, -0.1) is 0 Å². The molecule has 1 aromatic rings. The zero-order valence-electron chi connectivity index (χ0n) is 14.7. The molecular formula is C16H24N3O6S+. The Morgan fingerprint density at radius 2 is 1.96 bits per heavy atom. The van der Waals surface area contributed by atoms with Crippen molar-refractivity contribution in [2.24, 2.45) is 0 Å². The zero-order valence-corrected chi connectivity index (χ0v) is 15.5. The maximum Gasteiger partial charge on any atom is 0.240 e. The Morgan fingerprint density at radius 3 is 2.69 bits per heavy atom. The number of fused-ring (bicyclic) bond motifs is 1. The molecule has 144 valence electrons. The monoisotopic (exact) mass is 386 g/mol. The molecule has 10 heteroatoms. The molecule has 2 aliphatic rings. The number of morpholine rings is 1. The van der Waals surface area contributed by atoms with Crippen molar-refractivity contribution in [1.82, 2.24) is 5.32 Å². The molecule has 1 amide bonds. The highest BCUT2D eigenvalue weighted by Gasteiger charge is 2.24. The second-order valence-electron chi connectivity index (χ2n) is 6.27. The van der Waals surface area contributed by atoms with Crippen LogP contribution in [0.5, 0.6) is 11.5 Å². The first-order valence-corrected chi connectivity index (χ1v) is 10.3. The molecule has 0 aromatic heterocycles. The van der Waals surface area contributed by atoms with Crippen LogP contribution in [0, 0.1) is 0 Å². The number of ether oxygens (including phenoxy) is 3. The second kappa shape index (κ2) is 8.11. The third-order valence-electron chi connectivity index (χ3n) is 4.33. The average molecular weight is 386 g/mol. The summed E-state index contributed by atoms with van der Waals surface area (Å²) in [6.07, 6.45) is 1.07. The number of anilines is 1. The van der Waals surface area contributed by atoms with Gasteiger partial charge >= 0.3 is 0 Å². The molecule has 26 heavy (non-hydrogen) atoms. The van der Waals surface area contributed by atoms with Crippen molar-refractivity contribution in [2.45, 2.75) is 0 Å². The number of benzene rings is 1. The van der Waals surface area contributed by atoms with E-state index < -0.39 is 10.0 Å². The van der Waals surface area contributed by atoms with Gasteiger partial charge in [-0.25, -0.2) is 8.42 Å². The average Bonchev–Trinajstić information content (AvgIpc) is 3.07. The van der Waals surface area contributed by atoms with Crippen molar-refractivity contribution in [3.8, 4) is 11.5 Å². The maximum atomic E-state index is 12.2. The number of nitrogens with one attached hydrogen (secondary N) is 2. The minimum absolute atomic E-state index is 0.0992. The van der Waals surface area contributed by atoms with Crippen LogP contribution < -0.4 is 24.0 Å². The summed E-state index contributed by atoms with van der Waals surface area (Å²) in [7, 11) is -3.62. The highest BCUT2D eigenvalue weighted by atomic mass is 32.2. The first-order valence-electron chi connectivity index (χ1n) is 8.49. The van der Waals surface area contributed by atoms with E-state index in [0.29, 0.717) is 23.7 Å². The van der Waals surface area contributed by atoms with Gasteiger partial charge in [0.1, 0.15) is 19.6 Å². The summed E-state index contributed by atoms with van der Waals surface area (Å²) in [4.78, 5) is 13.6. The number of carbonyl (C=O) groups excluding carboxylic acids is 1. The second-order valence-corrected chi connectivity index (χ2v) is 8.18. The lowest BCUT2D eigenvalue weighted by atomic mass is 10.3. The van der Waals surface area contributed by atoms with Gasteiger partial charge in [-0.05, 0) is 12.1 Å². The fraction of sp³-hybridized carbons (Fsp3) is 0.562. The molecule has 0 bridgehead atoms. The lowest BCUT2D eigenvalue weighted by molar-refractivity contribution is -0.906. The molecule has 0 radical (unpaired) electrons. The van der Waals surface area contributed by atoms with Crippen molar-refractivity contribution < 1.29 is 32.3 Å². The molecule has 3 rings (SSSR count).